The van der Waals surface area contributed by atoms with E-state index in [1.54, 1.807) is 0 Å². The molecule has 2 rings (SSSR count). The molecule has 0 radical (unpaired) electrons. The SMILES string of the molecule is CCn1c(CC(F)(CC)CN)nc2ccccc21. The first-order valence-corrected chi connectivity index (χ1v) is 6.46. The van der Waals surface area contributed by atoms with Crippen LogP contribution in [0, 0.1) is 0 Å². The van der Waals surface area contributed by atoms with Gasteiger partial charge in [0.2, 0.25) is 0 Å². The minimum Gasteiger partial charge on any atom is -0.328 e. The Bertz CT molecular complexity index is 529. The van der Waals surface area contributed by atoms with E-state index < -0.39 is 5.67 Å². The van der Waals surface area contributed by atoms with Crippen molar-refractivity contribution in [2.45, 2.75) is 38.9 Å². The van der Waals surface area contributed by atoms with Crippen LogP contribution < -0.4 is 5.73 Å². The minimum absolute atomic E-state index is 0.0381. The summed E-state index contributed by atoms with van der Waals surface area (Å²) in [5.41, 5.74) is 6.17. The molecule has 18 heavy (non-hydrogen) atoms. The van der Waals surface area contributed by atoms with Gasteiger partial charge in [0.1, 0.15) is 11.5 Å². The summed E-state index contributed by atoms with van der Waals surface area (Å²) < 4.78 is 16.5. The Morgan fingerprint density at radius 3 is 2.67 bits per heavy atom. The lowest BCUT2D eigenvalue weighted by atomic mass is 9.98. The monoisotopic (exact) mass is 249 g/mol. The summed E-state index contributed by atoms with van der Waals surface area (Å²) in [5.74, 6) is 0.786. The van der Waals surface area contributed by atoms with Crippen LogP contribution in [0.2, 0.25) is 0 Å². The Hall–Kier alpha value is -1.42. The summed E-state index contributed by atoms with van der Waals surface area (Å²) in [5, 5.41) is 0. The van der Waals surface area contributed by atoms with E-state index in [1.807, 2.05) is 38.1 Å². The predicted octanol–water partition coefficient (Wildman–Crippen LogP) is 2.68. The summed E-state index contributed by atoms with van der Waals surface area (Å²) in [7, 11) is 0. The maximum atomic E-state index is 14.4. The van der Waals surface area contributed by atoms with Crippen molar-refractivity contribution in [3.8, 4) is 0 Å². The average Bonchev–Trinajstić information content (AvgIpc) is 2.75. The van der Waals surface area contributed by atoms with Gasteiger partial charge in [0.25, 0.3) is 0 Å². The zero-order valence-electron chi connectivity index (χ0n) is 11.0. The van der Waals surface area contributed by atoms with Crippen molar-refractivity contribution in [1.82, 2.24) is 9.55 Å². The second-order valence-corrected chi connectivity index (χ2v) is 4.65. The molecule has 0 aliphatic rings. The third-order valence-electron chi connectivity index (χ3n) is 3.52. The number of imidazole rings is 1. The zero-order chi connectivity index (χ0) is 13.2. The summed E-state index contributed by atoms with van der Waals surface area (Å²) in [6.07, 6.45) is 0.693. The third kappa shape index (κ3) is 2.25. The van der Waals surface area contributed by atoms with Gasteiger partial charge in [-0.15, -0.1) is 0 Å². The standard InChI is InChI=1S/C14H20FN3/c1-3-14(15,10-16)9-13-17-11-7-5-6-8-12(11)18(13)4-2/h5-8H,3-4,9-10,16H2,1-2H3. The van der Waals surface area contributed by atoms with Gasteiger partial charge >= 0.3 is 0 Å². The number of benzene rings is 1. The van der Waals surface area contributed by atoms with Crippen LogP contribution in [0.5, 0.6) is 0 Å². The fraction of sp³-hybridized carbons (Fsp3) is 0.500. The molecule has 1 aromatic heterocycles. The molecule has 98 valence electrons. The van der Waals surface area contributed by atoms with Crippen LogP contribution in [-0.2, 0) is 13.0 Å². The molecule has 1 atom stereocenters. The zero-order valence-corrected chi connectivity index (χ0v) is 11.0. The average molecular weight is 249 g/mol. The summed E-state index contributed by atoms with van der Waals surface area (Å²) in [6.45, 7) is 4.70. The number of para-hydroxylation sites is 2. The van der Waals surface area contributed by atoms with Crippen LogP contribution in [0.4, 0.5) is 4.39 Å². The van der Waals surface area contributed by atoms with Crippen LogP contribution in [0.1, 0.15) is 26.1 Å². The van der Waals surface area contributed by atoms with Gasteiger partial charge in [-0.3, -0.25) is 0 Å². The van der Waals surface area contributed by atoms with Gasteiger partial charge in [-0.05, 0) is 25.5 Å². The van der Waals surface area contributed by atoms with E-state index in [9.17, 15) is 4.39 Å². The molecule has 0 spiro atoms. The number of hydrogen-bond donors (Lipinski definition) is 1. The van der Waals surface area contributed by atoms with Gasteiger partial charge in [-0.2, -0.15) is 0 Å². The molecule has 1 heterocycles. The number of halogens is 1. The van der Waals surface area contributed by atoms with Crippen LogP contribution >= 0.6 is 0 Å². The molecule has 4 heteroatoms. The lowest BCUT2D eigenvalue weighted by Crippen LogP contribution is -2.35. The first kappa shape index (κ1) is 13.0. The second kappa shape index (κ2) is 5.06. The summed E-state index contributed by atoms with van der Waals surface area (Å²) >= 11 is 0. The smallest absolute Gasteiger partial charge is 0.129 e. The number of aryl methyl sites for hydroxylation is 1. The molecule has 0 saturated carbocycles. The Balaban J connectivity index is 2.44. The molecule has 0 bridgehead atoms. The van der Waals surface area contributed by atoms with Crippen molar-refractivity contribution in [2.24, 2.45) is 5.73 Å². The molecule has 1 aromatic carbocycles. The van der Waals surface area contributed by atoms with Gasteiger partial charge in [0.05, 0.1) is 11.0 Å². The van der Waals surface area contributed by atoms with Crippen molar-refractivity contribution in [3.05, 3.63) is 30.1 Å². The number of fused-ring (bicyclic) bond motifs is 1. The van der Waals surface area contributed by atoms with E-state index in [-0.39, 0.29) is 13.0 Å². The minimum atomic E-state index is -1.35. The molecule has 3 nitrogen and oxygen atoms in total. The number of aromatic nitrogens is 2. The Morgan fingerprint density at radius 2 is 2.06 bits per heavy atom. The summed E-state index contributed by atoms with van der Waals surface area (Å²) in [4.78, 5) is 4.53. The quantitative estimate of drug-likeness (QED) is 0.885. The fourth-order valence-corrected chi connectivity index (χ4v) is 2.24. The fourth-order valence-electron chi connectivity index (χ4n) is 2.24. The van der Waals surface area contributed by atoms with Crippen LogP contribution in [-0.4, -0.2) is 21.8 Å². The Kier molecular flexibility index (Phi) is 3.66. The van der Waals surface area contributed by atoms with E-state index >= 15 is 0 Å². The van der Waals surface area contributed by atoms with E-state index in [2.05, 4.69) is 9.55 Å². The largest absolute Gasteiger partial charge is 0.328 e. The molecular weight excluding hydrogens is 229 g/mol. The molecule has 0 amide bonds. The Labute approximate surface area is 107 Å². The molecule has 0 aliphatic carbocycles. The van der Waals surface area contributed by atoms with Crippen LogP contribution in [0.25, 0.3) is 11.0 Å². The highest BCUT2D eigenvalue weighted by Gasteiger charge is 2.28. The predicted molar refractivity (Wildman–Crippen MR) is 72.3 cm³/mol. The molecule has 0 saturated heterocycles. The van der Waals surface area contributed by atoms with E-state index in [1.165, 1.54) is 0 Å². The van der Waals surface area contributed by atoms with Crippen molar-refractivity contribution >= 4 is 11.0 Å². The number of hydrogen-bond acceptors (Lipinski definition) is 2. The lowest BCUT2D eigenvalue weighted by Gasteiger charge is -2.21. The number of alkyl halides is 1. The molecule has 0 fully saturated rings. The van der Waals surface area contributed by atoms with E-state index in [4.69, 9.17) is 5.73 Å². The molecule has 2 aromatic rings. The number of rotatable bonds is 5. The van der Waals surface area contributed by atoms with Crippen molar-refractivity contribution < 1.29 is 4.39 Å². The van der Waals surface area contributed by atoms with E-state index in [0.717, 1.165) is 23.4 Å². The van der Waals surface area contributed by atoms with Crippen LogP contribution in [0.3, 0.4) is 0 Å². The molecular formula is C14H20FN3. The lowest BCUT2D eigenvalue weighted by molar-refractivity contribution is 0.163. The normalized spacial score (nSPS) is 14.9. The number of nitrogens with two attached hydrogens (primary N) is 1. The first-order valence-electron chi connectivity index (χ1n) is 6.46. The van der Waals surface area contributed by atoms with E-state index in [0.29, 0.717) is 6.42 Å². The molecule has 1 unspecified atom stereocenters. The maximum Gasteiger partial charge on any atom is 0.129 e. The highest BCUT2D eigenvalue weighted by molar-refractivity contribution is 5.75. The maximum absolute atomic E-state index is 14.4. The highest BCUT2D eigenvalue weighted by atomic mass is 19.1. The first-order chi connectivity index (χ1) is 8.63. The number of nitrogens with zero attached hydrogens (tertiary/aromatic N) is 2. The molecule has 2 N–H and O–H groups in total. The van der Waals surface area contributed by atoms with Gasteiger partial charge in [0.15, 0.2) is 0 Å². The second-order valence-electron chi connectivity index (χ2n) is 4.65. The van der Waals surface area contributed by atoms with Gasteiger partial charge in [0, 0.05) is 19.5 Å². The van der Waals surface area contributed by atoms with Gasteiger partial charge in [-0.1, -0.05) is 19.1 Å². The molecule has 0 aliphatic heterocycles. The van der Waals surface area contributed by atoms with Crippen LogP contribution in [0.15, 0.2) is 24.3 Å². The van der Waals surface area contributed by atoms with Crippen molar-refractivity contribution in [2.75, 3.05) is 6.54 Å². The van der Waals surface area contributed by atoms with Gasteiger partial charge in [-0.25, -0.2) is 9.37 Å². The summed E-state index contributed by atoms with van der Waals surface area (Å²) in [6, 6.07) is 7.90. The topological polar surface area (TPSA) is 43.8 Å². The highest BCUT2D eigenvalue weighted by Crippen LogP contribution is 2.23. The van der Waals surface area contributed by atoms with Crippen molar-refractivity contribution in [3.63, 3.8) is 0 Å². The Morgan fingerprint density at radius 1 is 1.33 bits per heavy atom. The third-order valence-corrected chi connectivity index (χ3v) is 3.52. The van der Waals surface area contributed by atoms with Gasteiger partial charge < -0.3 is 10.3 Å². The van der Waals surface area contributed by atoms with Crippen molar-refractivity contribution in [1.29, 1.82) is 0 Å².